The zero-order valence-corrected chi connectivity index (χ0v) is 10.5. The lowest BCUT2D eigenvalue weighted by Gasteiger charge is -2.21. The second-order valence-electron chi connectivity index (χ2n) is 5.04. The highest BCUT2D eigenvalue weighted by Crippen LogP contribution is 2.38. The van der Waals surface area contributed by atoms with E-state index in [1.807, 2.05) is 0 Å². The highest BCUT2D eigenvalue weighted by Gasteiger charge is 2.44. The second kappa shape index (κ2) is 5.24. The molecule has 4 unspecified atom stereocenters. The van der Waals surface area contributed by atoms with Gasteiger partial charge in [0.05, 0.1) is 12.7 Å². The fraction of sp³-hybridized carbons (Fsp3) is 0.833. The summed E-state index contributed by atoms with van der Waals surface area (Å²) in [5.41, 5.74) is 5.58. The van der Waals surface area contributed by atoms with Gasteiger partial charge in [-0.3, -0.25) is 4.79 Å². The number of hydrogen-bond donors (Lipinski definition) is 2. The van der Waals surface area contributed by atoms with E-state index in [0.29, 0.717) is 19.0 Å². The number of carbonyl (C=O) groups excluding carboxylic acids is 2. The number of likely N-dealkylation sites (tertiary alicyclic amines) is 1. The highest BCUT2D eigenvalue weighted by atomic mass is 16.5. The summed E-state index contributed by atoms with van der Waals surface area (Å²) in [7, 11) is 0. The van der Waals surface area contributed by atoms with E-state index in [2.05, 4.69) is 0 Å². The van der Waals surface area contributed by atoms with Crippen LogP contribution in [0.25, 0.3) is 0 Å². The third kappa shape index (κ3) is 2.35. The standard InChI is InChI=1S/C12H20N2O4/c1-2-18-12(17)10(13)11(16)14-5-7-3-4-9(15)8(7)6-14/h7-10,15H,2-6,13H2,1H3. The molecule has 0 spiro atoms. The maximum absolute atomic E-state index is 12.0. The van der Waals surface area contributed by atoms with Crippen LogP contribution in [0, 0.1) is 11.8 Å². The van der Waals surface area contributed by atoms with Gasteiger partial charge in [0.25, 0.3) is 5.91 Å². The van der Waals surface area contributed by atoms with Gasteiger partial charge in [0.1, 0.15) is 0 Å². The Morgan fingerprint density at radius 2 is 2.17 bits per heavy atom. The Hall–Kier alpha value is -1.14. The number of hydrogen-bond acceptors (Lipinski definition) is 5. The van der Waals surface area contributed by atoms with Gasteiger partial charge >= 0.3 is 5.97 Å². The fourth-order valence-electron chi connectivity index (χ4n) is 2.95. The number of nitrogens with two attached hydrogens (primary N) is 1. The van der Waals surface area contributed by atoms with Crippen LogP contribution in [0.1, 0.15) is 19.8 Å². The van der Waals surface area contributed by atoms with E-state index >= 15 is 0 Å². The minimum Gasteiger partial charge on any atom is -0.464 e. The van der Waals surface area contributed by atoms with Crippen molar-refractivity contribution >= 4 is 11.9 Å². The number of aliphatic hydroxyl groups is 1. The molecule has 102 valence electrons. The minimum atomic E-state index is -1.24. The zero-order chi connectivity index (χ0) is 13.3. The minimum absolute atomic E-state index is 0.142. The second-order valence-corrected chi connectivity index (χ2v) is 5.04. The van der Waals surface area contributed by atoms with Gasteiger partial charge in [0.2, 0.25) is 0 Å². The van der Waals surface area contributed by atoms with Crippen LogP contribution >= 0.6 is 0 Å². The van der Waals surface area contributed by atoms with E-state index in [0.717, 1.165) is 12.8 Å². The van der Waals surface area contributed by atoms with E-state index in [9.17, 15) is 14.7 Å². The Balaban J connectivity index is 1.93. The molecule has 1 amide bonds. The van der Waals surface area contributed by atoms with Crippen molar-refractivity contribution in [1.29, 1.82) is 0 Å². The predicted octanol–water partition coefficient (Wildman–Crippen LogP) is -0.894. The quantitative estimate of drug-likeness (QED) is 0.504. The maximum Gasteiger partial charge on any atom is 0.332 e. The van der Waals surface area contributed by atoms with E-state index in [1.165, 1.54) is 0 Å². The number of rotatable bonds is 3. The van der Waals surface area contributed by atoms with Crippen LogP contribution in [0.2, 0.25) is 0 Å². The van der Waals surface area contributed by atoms with Crippen molar-refractivity contribution in [2.24, 2.45) is 17.6 Å². The topological polar surface area (TPSA) is 92.9 Å². The van der Waals surface area contributed by atoms with Crippen molar-refractivity contribution in [3.63, 3.8) is 0 Å². The Bertz CT molecular complexity index is 347. The first-order valence-corrected chi connectivity index (χ1v) is 6.43. The van der Waals surface area contributed by atoms with Crippen LogP contribution in [0.5, 0.6) is 0 Å². The van der Waals surface area contributed by atoms with Crippen LogP contribution in [-0.2, 0) is 14.3 Å². The summed E-state index contributed by atoms with van der Waals surface area (Å²) >= 11 is 0. The van der Waals surface area contributed by atoms with Crippen molar-refractivity contribution in [2.45, 2.75) is 31.9 Å². The molecule has 0 radical (unpaired) electrons. The van der Waals surface area contributed by atoms with Crippen molar-refractivity contribution in [1.82, 2.24) is 4.90 Å². The molecule has 0 aromatic carbocycles. The molecule has 0 aromatic heterocycles. The Morgan fingerprint density at radius 1 is 1.44 bits per heavy atom. The largest absolute Gasteiger partial charge is 0.464 e. The summed E-state index contributed by atoms with van der Waals surface area (Å²) in [6.45, 7) is 2.97. The number of ether oxygens (including phenoxy) is 1. The fourth-order valence-corrected chi connectivity index (χ4v) is 2.95. The molecule has 1 aliphatic carbocycles. The van der Waals surface area contributed by atoms with Crippen LogP contribution in [-0.4, -0.2) is 53.7 Å². The first kappa shape index (κ1) is 13.3. The van der Waals surface area contributed by atoms with Gasteiger partial charge in [0.15, 0.2) is 6.04 Å². The summed E-state index contributed by atoms with van der Waals surface area (Å²) in [5, 5.41) is 9.77. The molecular weight excluding hydrogens is 236 g/mol. The SMILES string of the molecule is CCOC(=O)C(N)C(=O)N1CC2CCC(O)C2C1. The van der Waals surface area contributed by atoms with Gasteiger partial charge in [-0.15, -0.1) is 0 Å². The molecule has 3 N–H and O–H groups in total. The summed E-state index contributed by atoms with van der Waals surface area (Å²) in [5.74, 6) is -0.586. The lowest BCUT2D eigenvalue weighted by Crippen LogP contribution is -2.48. The number of carbonyl (C=O) groups is 2. The average molecular weight is 256 g/mol. The summed E-state index contributed by atoms with van der Waals surface area (Å²) in [6.07, 6.45) is 1.41. The van der Waals surface area contributed by atoms with Crippen LogP contribution < -0.4 is 5.73 Å². The van der Waals surface area contributed by atoms with Crippen molar-refractivity contribution in [3.8, 4) is 0 Å². The molecule has 0 bridgehead atoms. The summed E-state index contributed by atoms with van der Waals surface area (Å²) in [6, 6.07) is -1.24. The number of amides is 1. The van der Waals surface area contributed by atoms with Crippen LogP contribution in [0.15, 0.2) is 0 Å². The summed E-state index contributed by atoms with van der Waals surface area (Å²) < 4.78 is 4.74. The van der Waals surface area contributed by atoms with Gasteiger partial charge in [-0.1, -0.05) is 0 Å². The molecule has 6 nitrogen and oxygen atoms in total. The van der Waals surface area contributed by atoms with Gasteiger partial charge < -0.3 is 20.5 Å². The Labute approximate surface area is 106 Å². The molecule has 1 saturated carbocycles. The van der Waals surface area contributed by atoms with Gasteiger partial charge in [-0.2, -0.15) is 0 Å². The molecular formula is C12H20N2O4. The molecule has 2 fully saturated rings. The number of nitrogens with zero attached hydrogens (tertiary/aromatic N) is 1. The van der Waals surface area contributed by atoms with Crippen molar-refractivity contribution in [3.05, 3.63) is 0 Å². The zero-order valence-electron chi connectivity index (χ0n) is 10.5. The van der Waals surface area contributed by atoms with Crippen LogP contribution in [0.3, 0.4) is 0 Å². The van der Waals surface area contributed by atoms with E-state index < -0.39 is 17.9 Å². The average Bonchev–Trinajstić information content (AvgIpc) is 2.90. The molecule has 18 heavy (non-hydrogen) atoms. The number of esters is 1. The van der Waals surface area contributed by atoms with Gasteiger partial charge in [-0.25, -0.2) is 4.79 Å². The molecule has 1 heterocycles. The summed E-state index contributed by atoms with van der Waals surface area (Å²) in [4.78, 5) is 25.0. The smallest absolute Gasteiger partial charge is 0.332 e. The number of aliphatic hydroxyl groups excluding tert-OH is 1. The van der Waals surface area contributed by atoms with E-state index in [1.54, 1.807) is 11.8 Å². The maximum atomic E-state index is 12.0. The lowest BCUT2D eigenvalue weighted by atomic mass is 10.00. The molecule has 4 atom stereocenters. The third-order valence-electron chi connectivity index (χ3n) is 3.94. The van der Waals surface area contributed by atoms with E-state index in [4.69, 9.17) is 10.5 Å². The molecule has 1 saturated heterocycles. The first-order chi connectivity index (χ1) is 8.54. The predicted molar refractivity (Wildman–Crippen MR) is 63.4 cm³/mol. The van der Waals surface area contributed by atoms with Gasteiger partial charge in [0, 0.05) is 19.0 Å². The number of fused-ring (bicyclic) bond motifs is 1. The molecule has 0 aromatic rings. The van der Waals surface area contributed by atoms with Crippen molar-refractivity contribution < 1.29 is 19.4 Å². The normalized spacial score (nSPS) is 32.2. The highest BCUT2D eigenvalue weighted by molar-refractivity contribution is 6.01. The Kier molecular flexibility index (Phi) is 3.87. The lowest BCUT2D eigenvalue weighted by molar-refractivity contribution is -0.150. The third-order valence-corrected chi connectivity index (χ3v) is 3.94. The molecule has 2 aliphatic rings. The van der Waals surface area contributed by atoms with Crippen LogP contribution in [0.4, 0.5) is 0 Å². The molecule has 2 rings (SSSR count). The first-order valence-electron chi connectivity index (χ1n) is 6.43. The molecule has 6 heteroatoms. The van der Waals surface area contributed by atoms with Crippen molar-refractivity contribution in [2.75, 3.05) is 19.7 Å². The Morgan fingerprint density at radius 3 is 2.78 bits per heavy atom. The van der Waals surface area contributed by atoms with Gasteiger partial charge in [-0.05, 0) is 25.7 Å². The van der Waals surface area contributed by atoms with E-state index in [-0.39, 0.29) is 18.6 Å². The monoisotopic (exact) mass is 256 g/mol. The molecule has 1 aliphatic heterocycles.